The lowest BCUT2D eigenvalue weighted by Crippen LogP contribution is -2.41. The fourth-order valence-electron chi connectivity index (χ4n) is 4.35. The van der Waals surface area contributed by atoms with Crippen LogP contribution in [0.5, 0.6) is 0 Å². The van der Waals surface area contributed by atoms with E-state index in [9.17, 15) is 9.59 Å². The van der Waals surface area contributed by atoms with Gasteiger partial charge in [0.05, 0.1) is 11.0 Å². The maximum atomic E-state index is 12.8. The van der Waals surface area contributed by atoms with Crippen LogP contribution in [0, 0.1) is 5.92 Å². The van der Waals surface area contributed by atoms with Crippen LogP contribution in [0.2, 0.25) is 0 Å². The molecule has 2 aromatic carbocycles. The number of hydrogen-bond acceptors (Lipinski definition) is 3. The lowest BCUT2D eigenvalue weighted by Gasteiger charge is -2.31. The van der Waals surface area contributed by atoms with E-state index in [1.807, 2.05) is 48.5 Å². The molecule has 6 nitrogen and oxygen atoms in total. The summed E-state index contributed by atoms with van der Waals surface area (Å²) < 4.78 is 0. The summed E-state index contributed by atoms with van der Waals surface area (Å²) in [6, 6.07) is 13.3. The minimum Gasteiger partial charge on any atom is -0.349 e. The summed E-state index contributed by atoms with van der Waals surface area (Å²) in [7, 11) is 0. The van der Waals surface area contributed by atoms with Gasteiger partial charge in [-0.15, -0.1) is 6.58 Å². The third-order valence-corrected chi connectivity index (χ3v) is 5.92. The van der Waals surface area contributed by atoms with Crippen LogP contribution in [0.15, 0.2) is 55.1 Å². The number of rotatable bonds is 6. The summed E-state index contributed by atoms with van der Waals surface area (Å²) in [6.45, 7) is 5.34. The molecular formula is C25H28N4O2. The predicted molar refractivity (Wildman–Crippen MR) is 124 cm³/mol. The quantitative estimate of drug-likeness (QED) is 0.491. The van der Waals surface area contributed by atoms with Crippen molar-refractivity contribution in [2.75, 3.05) is 5.32 Å². The van der Waals surface area contributed by atoms with Crippen molar-refractivity contribution in [3.63, 3.8) is 0 Å². The van der Waals surface area contributed by atoms with Gasteiger partial charge in [-0.1, -0.05) is 31.1 Å². The number of carbonyl (C=O) groups is 2. The molecule has 3 aromatic rings. The number of hydrogen-bond donors (Lipinski definition) is 3. The highest BCUT2D eigenvalue weighted by atomic mass is 16.2. The number of aromatic nitrogens is 2. The Balaban J connectivity index is 1.48. The van der Waals surface area contributed by atoms with Crippen LogP contribution in [0.1, 0.15) is 49.4 Å². The minimum atomic E-state index is -0.114. The molecule has 3 N–H and O–H groups in total. The lowest BCUT2D eigenvalue weighted by molar-refractivity contribution is -0.114. The Bertz CT molecular complexity index is 1100. The third kappa shape index (κ3) is 4.85. The van der Waals surface area contributed by atoms with Crippen molar-refractivity contribution in [2.45, 2.75) is 45.1 Å². The average molecular weight is 417 g/mol. The zero-order chi connectivity index (χ0) is 21.8. The van der Waals surface area contributed by atoms with Gasteiger partial charge >= 0.3 is 0 Å². The van der Waals surface area contributed by atoms with E-state index in [-0.39, 0.29) is 17.9 Å². The fourth-order valence-corrected chi connectivity index (χ4v) is 4.35. The van der Waals surface area contributed by atoms with Gasteiger partial charge in [-0.2, -0.15) is 0 Å². The van der Waals surface area contributed by atoms with Gasteiger partial charge in [0.2, 0.25) is 5.91 Å². The van der Waals surface area contributed by atoms with Gasteiger partial charge in [0, 0.05) is 29.8 Å². The molecule has 0 saturated heterocycles. The van der Waals surface area contributed by atoms with Crippen molar-refractivity contribution < 1.29 is 9.59 Å². The Morgan fingerprint density at radius 3 is 2.68 bits per heavy atom. The smallest absolute Gasteiger partial charge is 0.251 e. The monoisotopic (exact) mass is 416 g/mol. The molecular weight excluding hydrogens is 388 g/mol. The topological polar surface area (TPSA) is 86.9 Å². The van der Waals surface area contributed by atoms with E-state index in [4.69, 9.17) is 0 Å². The third-order valence-electron chi connectivity index (χ3n) is 5.92. The minimum absolute atomic E-state index is 0.0305. The van der Waals surface area contributed by atoms with Crippen LogP contribution in [0.25, 0.3) is 22.4 Å². The van der Waals surface area contributed by atoms with Crippen molar-refractivity contribution >= 4 is 28.5 Å². The number of aromatic amines is 1. The molecule has 1 saturated carbocycles. The molecule has 0 radical (unpaired) electrons. The van der Waals surface area contributed by atoms with E-state index in [0.717, 1.165) is 53.8 Å². The van der Waals surface area contributed by atoms with E-state index < -0.39 is 0 Å². The van der Waals surface area contributed by atoms with Crippen LogP contribution in [-0.4, -0.2) is 27.8 Å². The Kier molecular flexibility index (Phi) is 6.16. The largest absolute Gasteiger partial charge is 0.349 e. The Hall–Kier alpha value is -3.41. The number of nitrogens with zero attached hydrogens (tertiary/aromatic N) is 1. The number of carbonyl (C=O) groups excluding carboxylic acids is 2. The van der Waals surface area contributed by atoms with Crippen LogP contribution >= 0.6 is 0 Å². The van der Waals surface area contributed by atoms with E-state index in [2.05, 4.69) is 27.2 Å². The van der Waals surface area contributed by atoms with Crippen molar-refractivity contribution in [1.29, 1.82) is 0 Å². The van der Waals surface area contributed by atoms with Crippen molar-refractivity contribution in [1.82, 2.24) is 15.3 Å². The summed E-state index contributed by atoms with van der Waals surface area (Å²) in [5, 5.41) is 6.00. The van der Waals surface area contributed by atoms with Crippen molar-refractivity contribution in [3.05, 3.63) is 60.7 Å². The van der Waals surface area contributed by atoms with Crippen LogP contribution in [-0.2, 0) is 4.79 Å². The standard InChI is InChI=1S/C25H28N4O2/c1-3-6-17-7-4-5-8-21(17)29-25(31)19-11-9-18(10-12-19)24-27-22-14-13-20(26-16(2)30)15-23(22)28-24/h3,9-15,17,21H,1,4-8H2,2H3,(H,26,30)(H,27,28)(H,29,31). The highest BCUT2D eigenvalue weighted by molar-refractivity contribution is 5.95. The molecule has 160 valence electrons. The number of H-pyrrole nitrogens is 1. The maximum Gasteiger partial charge on any atom is 0.251 e. The molecule has 6 heteroatoms. The number of imidazole rings is 1. The molecule has 0 aliphatic heterocycles. The second kappa shape index (κ2) is 9.16. The number of fused-ring (bicyclic) bond motifs is 1. The Morgan fingerprint density at radius 2 is 1.94 bits per heavy atom. The van der Waals surface area contributed by atoms with Gasteiger partial charge in [0.1, 0.15) is 5.82 Å². The summed E-state index contributed by atoms with van der Waals surface area (Å²) in [6.07, 6.45) is 7.46. The molecule has 2 atom stereocenters. The van der Waals surface area contributed by atoms with E-state index >= 15 is 0 Å². The fraction of sp³-hybridized carbons (Fsp3) is 0.320. The predicted octanol–water partition coefficient (Wildman–Crippen LogP) is 5.05. The van der Waals surface area contributed by atoms with Gasteiger partial charge in [-0.05, 0) is 55.5 Å². The average Bonchev–Trinajstić information content (AvgIpc) is 3.18. The summed E-state index contributed by atoms with van der Waals surface area (Å²) in [5.41, 5.74) is 3.93. The number of nitrogens with one attached hydrogen (secondary N) is 3. The molecule has 2 unspecified atom stereocenters. The second-order valence-corrected chi connectivity index (χ2v) is 8.22. The Morgan fingerprint density at radius 1 is 1.16 bits per heavy atom. The van der Waals surface area contributed by atoms with Crippen molar-refractivity contribution in [2.24, 2.45) is 5.92 Å². The van der Waals surface area contributed by atoms with Gasteiger partial charge in [-0.3, -0.25) is 9.59 Å². The van der Waals surface area contributed by atoms with Gasteiger partial charge < -0.3 is 15.6 Å². The molecule has 1 aromatic heterocycles. The van der Waals surface area contributed by atoms with Crippen molar-refractivity contribution in [3.8, 4) is 11.4 Å². The first kappa shape index (κ1) is 20.8. The molecule has 1 aliphatic carbocycles. The van der Waals surface area contributed by atoms with E-state index in [0.29, 0.717) is 11.5 Å². The first-order valence-corrected chi connectivity index (χ1v) is 10.8. The number of anilines is 1. The number of allylic oxidation sites excluding steroid dienone is 1. The van der Waals surface area contributed by atoms with Gasteiger partial charge in [0.25, 0.3) is 5.91 Å². The first-order chi connectivity index (χ1) is 15.0. The zero-order valence-corrected chi connectivity index (χ0v) is 17.8. The van der Waals surface area contributed by atoms with E-state index in [1.54, 1.807) is 0 Å². The molecule has 0 bridgehead atoms. The van der Waals surface area contributed by atoms with Gasteiger partial charge in [0.15, 0.2) is 0 Å². The normalized spacial score (nSPS) is 18.5. The zero-order valence-electron chi connectivity index (χ0n) is 17.8. The maximum absolute atomic E-state index is 12.8. The summed E-state index contributed by atoms with van der Waals surface area (Å²) in [4.78, 5) is 32.0. The second-order valence-electron chi connectivity index (χ2n) is 8.22. The molecule has 1 aliphatic rings. The van der Waals surface area contributed by atoms with Crippen LogP contribution in [0.4, 0.5) is 5.69 Å². The van der Waals surface area contributed by atoms with E-state index in [1.165, 1.54) is 13.3 Å². The molecule has 1 heterocycles. The SMILES string of the molecule is C=CCC1CCCCC1NC(=O)c1ccc(-c2nc3ccc(NC(C)=O)cc3[nH]2)cc1. The Labute approximate surface area is 182 Å². The molecule has 1 fully saturated rings. The summed E-state index contributed by atoms with van der Waals surface area (Å²) in [5.74, 6) is 1.06. The first-order valence-electron chi connectivity index (χ1n) is 10.8. The summed E-state index contributed by atoms with van der Waals surface area (Å²) >= 11 is 0. The molecule has 2 amide bonds. The lowest BCUT2D eigenvalue weighted by atomic mass is 9.82. The van der Waals surface area contributed by atoms with Crippen LogP contribution in [0.3, 0.4) is 0 Å². The number of benzene rings is 2. The number of amides is 2. The molecule has 0 spiro atoms. The molecule has 4 rings (SSSR count). The van der Waals surface area contributed by atoms with Gasteiger partial charge in [-0.25, -0.2) is 4.98 Å². The molecule has 31 heavy (non-hydrogen) atoms. The highest BCUT2D eigenvalue weighted by Crippen LogP contribution is 2.28. The van der Waals surface area contributed by atoms with Crippen LogP contribution < -0.4 is 10.6 Å². The highest BCUT2D eigenvalue weighted by Gasteiger charge is 2.25.